The zero-order chi connectivity index (χ0) is 15.6. The second-order valence-corrected chi connectivity index (χ2v) is 5.32. The van der Waals surface area contributed by atoms with Crippen LogP contribution in [0, 0.1) is 0 Å². The van der Waals surface area contributed by atoms with E-state index in [2.05, 4.69) is 0 Å². The monoisotopic (exact) mass is 313 g/mol. The molecular formula is C14H16ClNO5. The third-order valence-electron chi connectivity index (χ3n) is 3.18. The summed E-state index contributed by atoms with van der Waals surface area (Å²) in [6.45, 7) is 4.24. The van der Waals surface area contributed by atoms with E-state index in [0.717, 1.165) is 0 Å². The van der Waals surface area contributed by atoms with Crippen molar-refractivity contribution in [3.63, 3.8) is 0 Å². The molecule has 1 amide bonds. The molecule has 1 heterocycles. The lowest BCUT2D eigenvalue weighted by Crippen LogP contribution is -2.38. The van der Waals surface area contributed by atoms with Gasteiger partial charge in [-0.25, -0.2) is 4.79 Å². The number of carboxylic acids is 1. The van der Waals surface area contributed by atoms with Gasteiger partial charge < -0.3 is 19.5 Å². The molecule has 0 aliphatic carbocycles. The number of nitrogens with zero attached hydrogens (tertiary/aromatic N) is 1. The Kier molecular flexibility index (Phi) is 4.57. The minimum atomic E-state index is -1.14. The van der Waals surface area contributed by atoms with Crippen LogP contribution in [0.15, 0.2) is 12.1 Å². The Hall–Kier alpha value is -1.95. The molecule has 0 fully saturated rings. The number of aliphatic carboxylic acids is 1. The molecule has 1 aromatic rings. The van der Waals surface area contributed by atoms with Crippen LogP contribution >= 0.6 is 11.6 Å². The predicted octanol–water partition coefficient (Wildman–Crippen LogP) is 2.10. The van der Waals surface area contributed by atoms with Crippen LogP contribution in [0.3, 0.4) is 0 Å². The zero-order valence-corrected chi connectivity index (χ0v) is 12.5. The highest BCUT2D eigenvalue weighted by Gasteiger charge is 2.30. The first kappa shape index (κ1) is 15.4. The van der Waals surface area contributed by atoms with E-state index in [9.17, 15) is 14.7 Å². The van der Waals surface area contributed by atoms with Crippen LogP contribution in [0.25, 0.3) is 0 Å². The van der Waals surface area contributed by atoms with Gasteiger partial charge in [0.1, 0.15) is 13.2 Å². The number of rotatable bonds is 5. The minimum absolute atomic E-state index is 0.267. The molecule has 0 aromatic heterocycles. The highest BCUT2D eigenvalue weighted by Crippen LogP contribution is 2.40. The van der Waals surface area contributed by atoms with Crippen molar-refractivity contribution in [1.29, 1.82) is 0 Å². The molecule has 2 rings (SSSR count). The van der Waals surface area contributed by atoms with Gasteiger partial charge >= 0.3 is 5.97 Å². The number of amides is 1. The topological polar surface area (TPSA) is 76.1 Å². The first-order valence-electron chi connectivity index (χ1n) is 6.50. The molecule has 1 aromatic carbocycles. The summed E-state index contributed by atoms with van der Waals surface area (Å²) in [6.07, 6.45) is 0.522. The lowest BCUT2D eigenvalue weighted by molar-refractivity contribution is -0.148. The van der Waals surface area contributed by atoms with Gasteiger partial charge in [-0.1, -0.05) is 11.6 Å². The van der Waals surface area contributed by atoms with Crippen LogP contribution in [0.1, 0.15) is 25.5 Å². The van der Waals surface area contributed by atoms with Crippen LogP contribution in [-0.4, -0.2) is 41.6 Å². The molecule has 0 radical (unpaired) electrons. The van der Waals surface area contributed by atoms with Crippen molar-refractivity contribution in [2.75, 3.05) is 13.2 Å². The molecule has 7 heteroatoms. The molecule has 1 N–H and O–H groups in total. The third kappa shape index (κ3) is 3.05. The van der Waals surface area contributed by atoms with Crippen LogP contribution < -0.4 is 9.47 Å². The fraction of sp³-hybridized carbons (Fsp3) is 0.429. The first-order chi connectivity index (χ1) is 9.95. The molecule has 0 saturated carbocycles. The molecule has 1 aliphatic heterocycles. The van der Waals surface area contributed by atoms with E-state index in [-0.39, 0.29) is 11.1 Å². The Bertz CT molecular complexity index is 561. The average Bonchev–Trinajstić information content (AvgIpc) is 2.43. The number of hydrogen-bond donors (Lipinski definition) is 1. The first-order valence-corrected chi connectivity index (χ1v) is 6.88. The Labute approximate surface area is 127 Å². The van der Waals surface area contributed by atoms with Gasteiger partial charge in [-0.3, -0.25) is 4.79 Å². The van der Waals surface area contributed by atoms with Crippen LogP contribution in [0.4, 0.5) is 0 Å². The summed E-state index contributed by atoms with van der Waals surface area (Å²) in [5.74, 6) is -0.342. The van der Waals surface area contributed by atoms with Crippen LogP contribution in [0.5, 0.6) is 11.5 Å². The third-order valence-corrected chi connectivity index (χ3v) is 3.47. The Balaban J connectivity index is 2.48. The summed E-state index contributed by atoms with van der Waals surface area (Å²) in [4.78, 5) is 24.0. The average molecular weight is 314 g/mol. The largest absolute Gasteiger partial charge is 0.486 e. The molecular weight excluding hydrogens is 298 g/mol. The standard InChI is InChI=1S/C14H16ClNO5/c1-8(2)16(7-17)12(14(18)19)9-5-10(15)13-11(6-9)20-3-4-21-13/h5-8,12H,3-4H2,1-2H3,(H,18,19). The SMILES string of the molecule is CC(C)N(C=O)C(C(=O)O)c1cc(Cl)c2c(c1)OCCO2. The summed E-state index contributed by atoms with van der Waals surface area (Å²) >= 11 is 6.12. The summed E-state index contributed by atoms with van der Waals surface area (Å²) in [7, 11) is 0. The maximum atomic E-state index is 11.6. The molecule has 0 bridgehead atoms. The van der Waals surface area contributed by atoms with Crippen molar-refractivity contribution < 1.29 is 24.2 Å². The lowest BCUT2D eigenvalue weighted by atomic mass is 10.0. The molecule has 1 aliphatic rings. The predicted molar refractivity (Wildman–Crippen MR) is 75.9 cm³/mol. The maximum Gasteiger partial charge on any atom is 0.331 e. The van der Waals surface area contributed by atoms with E-state index in [1.165, 1.54) is 11.0 Å². The van der Waals surface area contributed by atoms with Gasteiger partial charge in [0.15, 0.2) is 17.5 Å². The smallest absolute Gasteiger partial charge is 0.331 e. The molecule has 0 saturated heterocycles. The zero-order valence-electron chi connectivity index (χ0n) is 11.7. The van der Waals surface area contributed by atoms with Crippen molar-refractivity contribution in [3.8, 4) is 11.5 Å². The van der Waals surface area contributed by atoms with E-state index < -0.39 is 12.0 Å². The summed E-state index contributed by atoms with van der Waals surface area (Å²) in [5.41, 5.74) is 0.373. The molecule has 114 valence electrons. The van der Waals surface area contributed by atoms with Gasteiger partial charge in [-0.2, -0.15) is 0 Å². The van der Waals surface area contributed by atoms with E-state index in [1.807, 2.05) is 0 Å². The number of halogens is 1. The second kappa shape index (κ2) is 6.22. The Morgan fingerprint density at radius 3 is 2.62 bits per heavy atom. The van der Waals surface area contributed by atoms with Crippen LogP contribution in [0.2, 0.25) is 5.02 Å². The van der Waals surface area contributed by atoms with Gasteiger partial charge in [-0.05, 0) is 31.5 Å². The second-order valence-electron chi connectivity index (χ2n) is 4.91. The molecule has 6 nitrogen and oxygen atoms in total. The van der Waals surface area contributed by atoms with Crippen molar-refractivity contribution in [3.05, 3.63) is 22.7 Å². The molecule has 1 atom stereocenters. The number of carboxylic acid groups (broad SMARTS) is 1. The van der Waals surface area contributed by atoms with Gasteiger partial charge in [0.2, 0.25) is 6.41 Å². The maximum absolute atomic E-state index is 11.6. The fourth-order valence-corrected chi connectivity index (χ4v) is 2.49. The molecule has 21 heavy (non-hydrogen) atoms. The van der Waals surface area contributed by atoms with Gasteiger partial charge in [0, 0.05) is 6.04 Å². The minimum Gasteiger partial charge on any atom is -0.486 e. The van der Waals surface area contributed by atoms with Crippen molar-refractivity contribution in [2.24, 2.45) is 0 Å². The number of hydrogen-bond acceptors (Lipinski definition) is 4. The van der Waals surface area contributed by atoms with E-state index >= 15 is 0 Å². The fourth-order valence-electron chi connectivity index (χ4n) is 2.21. The van der Waals surface area contributed by atoms with E-state index in [1.54, 1.807) is 19.9 Å². The van der Waals surface area contributed by atoms with E-state index in [0.29, 0.717) is 36.7 Å². The number of ether oxygens (including phenoxy) is 2. The quantitative estimate of drug-likeness (QED) is 0.842. The number of carbonyl (C=O) groups excluding carboxylic acids is 1. The highest BCUT2D eigenvalue weighted by atomic mass is 35.5. The summed E-state index contributed by atoms with van der Waals surface area (Å²) < 4.78 is 10.8. The molecule has 0 spiro atoms. The Morgan fingerprint density at radius 2 is 2.05 bits per heavy atom. The van der Waals surface area contributed by atoms with Gasteiger partial charge in [0.25, 0.3) is 0 Å². The molecule has 1 unspecified atom stereocenters. The van der Waals surface area contributed by atoms with Gasteiger partial charge in [0.05, 0.1) is 5.02 Å². The Morgan fingerprint density at radius 1 is 1.38 bits per heavy atom. The van der Waals surface area contributed by atoms with Crippen molar-refractivity contribution >= 4 is 24.0 Å². The lowest BCUT2D eigenvalue weighted by Gasteiger charge is -2.30. The summed E-state index contributed by atoms with van der Waals surface area (Å²) in [6, 6.07) is 1.65. The number of fused-ring (bicyclic) bond motifs is 1. The van der Waals surface area contributed by atoms with Gasteiger partial charge in [-0.15, -0.1) is 0 Å². The normalized spacial score (nSPS) is 14.7. The van der Waals surface area contributed by atoms with Crippen molar-refractivity contribution in [1.82, 2.24) is 4.90 Å². The van der Waals surface area contributed by atoms with Crippen molar-refractivity contribution in [2.45, 2.75) is 25.9 Å². The number of benzene rings is 1. The highest BCUT2D eigenvalue weighted by molar-refractivity contribution is 6.32. The van der Waals surface area contributed by atoms with Crippen LogP contribution in [-0.2, 0) is 9.59 Å². The number of carbonyl (C=O) groups is 2. The summed E-state index contributed by atoms with van der Waals surface area (Å²) in [5, 5.41) is 9.72. The van der Waals surface area contributed by atoms with E-state index in [4.69, 9.17) is 21.1 Å².